The van der Waals surface area contributed by atoms with E-state index in [2.05, 4.69) is 46.3 Å². The number of methoxy groups -OCH3 is 1. The van der Waals surface area contributed by atoms with E-state index >= 15 is 0 Å². The third-order valence-electron chi connectivity index (χ3n) is 5.12. The van der Waals surface area contributed by atoms with Crippen LogP contribution in [0.4, 0.5) is 0 Å². The standard InChI is InChI=1S/C26H23N3O3/c1-18-8-14-23(20-6-4-3-5-7-20)29(18)22-12-10-21(11-13-22)26(31)28-27-17-19-9-15-24(30)25(16-19)32-2/h3-17,30H,1-2H3,(H,28,31)/b27-17+. The summed E-state index contributed by atoms with van der Waals surface area (Å²) in [6, 6.07) is 26.6. The van der Waals surface area contributed by atoms with Crippen LogP contribution in [-0.2, 0) is 0 Å². The highest BCUT2D eigenvalue weighted by molar-refractivity contribution is 5.95. The van der Waals surface area contributed by atoms with Crippen LogP contribution in [0.5, 0.6) is 11.5 Å². The number of hydrazone groups is 1. The maximum atomic E-state index is 12.5. The Labute approximate surface area is 186 Å². The van der Waals surface area contributed by atoms with Crippen molar-refractivity contribution in [1.29, 1.82) is 0 Å². The normalized spacial score (nSPS) is 10.9. The summed E-state index contributed by atoms with van der Waals surface area (Å²) in [5, 5.41) is 13.6. The molecule has 160 valence electrons. The van der Waals surface area contributed by atoms with Crippen LogP contribution in [0.25, 0.3) is 16.9 Å². The van der Waals surface area contributed by atoms with Crippen molar-refractivity contribution in [2.24, 2.45) is 5.10 Å². The van der Waals surface area contributed by atoms with Gasteiger partial charge in [-0.25, -0.2) is 5.43 Å². The summed E-state index contributed by atoms with van der Waals surface area (Å²) in [6.45, 7) is 2.06. The minimum Gasteiger partial charge on any atom is -0.504 e. The van der Waals surface area contributed by atoms with Crippen molar-refractivity contribution in [1.82, 2.24) is 9.99 Å². The SMILES string of the molecule is COc1cc(/C=N/NC(=O)c2ccc(-n3c(C)ccc3-c3ccccc3)cc2)ccc1O. The molecule has 0 radical (unpaired) electrons. The second-order valence-corrected chi connectivity index (χ2v) is 7.24. The highest BCUT2D eigenvalue weighted by Crippen LogP contribution is 2.27. The molecule has 4 rings (SSSR count). The maximum absolute atomic E-state index is 12.5. The van der Waals surface area contributed by atoms with Crippen molar-refractivity contribution >= 4 is 12.1 Å². The maximum Gasteiger partial charge on any atom is 0.271 e. The Hall–Kier alpha value is -4.32. The minimum atomic E-state index is -0.314. The van der Waals surface area contributed by atoms with Crippen LogP contribution >= 0.6 is 0 Å². The topological polar surface area (TPSA) is 75.8 Å². The number of nitrogens with one attached hydrogen (secondary N) is 1. The molecule has 0 unspecified atom stereocenters. The third kappa shape index (κ3) is 4.39. The van der Waals surface area contributed by atoms with Crippen molar-refractivity contribution in [3.8, 4) is 28.4 Å². The summed E-state index contributed by atoms with van der Waals surface area (Å²) in [5.41, 5.74) is 8.01. The number of rotatable bonds is 6. The molecule has 6 heteroatoms. The van der Waals surface area contributed by atoms with Crippen LogP contribution in [-0.4, -0.2) is 28.9 Å². The molecular weight excluding hydrogens is 402 g/mol. The summed E-state index contributed by atoms with van der Waals surface area (Å²) in [6.07, 6.45) is 1.49. The van der Waals surface area contributed by atoms with E-state index in [9.17, 15) is 9.90 Å². The fourth-order valence-corrected chi connectivity index (χ4v) is 3.48. The van der Waals surface area contributed by atoms with E-state index in [1.54, 1.807) is 24.3 Å². The molecule has 32 heavy (non-hydrogen) atoms. The van der Waals surface area contributed by atoms with Crippen LogP contribution in [0.15, 0.2) is 90.0 Å². The zero-order valence-electron chi connectivity index (χ0n) is 17.8. The average Bonchev–Trinajstić information content (AvgIpc) is 3.22. The van der Waals surface area contributed by atoms with Crippen molar-refractivity contribution in [3.05, 3.63) is 102 Å². The summed E-state index contributed by atoms with van der Waals surface area (Å²) in [7, 11) is 1.47. The first kappa shape index (κ1) is 20.9. The molecule has 0 aliphatic rings. The smallest absolute Gasteiger partial charge is 0.271 e. The number of carbonyl (C=O) groups excluding carboxylic acids is 1. The third-order valence-corrected chi connectivity index (χ3v) is 5.12. The van der Waals surface area contributed by atoms with Gasteiger partial charge in [-0.15, -0.1) is 0 Å². The first-order chi connectivity index (χ1) is 15.6. The minimum absolute atomic E-state index is 0.0436. The van der Waals surface area contributed by atoms with Gasteiger partial charge >= 0.3 is 0 Å². The second-order valence-electron chi connectivity index (χ2n) is 7.24. The number of nitrogens with zero attached hydrogens (tertiary/aromatic N) is 2. The molecule has 1 amide bonds. The van der Waals surface area contributed by atoms with Crippen molar-refractivity contribution in [3.63, 3.8) is 0 Å². The second kappa shape index (κ2) is 9.22. The summed E-state index contributed by atoms with van der Waals surface area (Å²) >= 11 is 0. The van der Waals surface area contributed by atoms with E-state index < -0.39 is 0 Å². The Bertz CT molecular complexity index is 1260. The molecule has 0 bridgehead atoms. The highest BCUT2D eigenvalue weighted by Gasteiger charge is 2.11. The fraction of sp³-hybridized carbons (Fsp3) is 0.0769. The van der Waals surface area contributed by atoms with E-state index in [4.69, 9.17) is 4.74 Å². The molecule has 0 saturated heterocycles. The predicted octanol–water partition coefficient (Wildman–Crippen LogP) is 4.93. The van der Waals surface area contributed by atoms with Gasteiger partial charge in [-0.3, -0.25) is 4.79 Å². The molecule has 0 saturated carbocycles. The van der Waals surface area contributed by atoms with E-state index in [0.29, 0.717) is 16.9 Å². The molecule has 4 aromatic rings. The number of carbonyl (C=O) groups is 1. The zero-order valence-corrected chi connectivity index (χ0v) is 17.8. The molecule has 3 aromatic carbocycles. The van der Waals surface area contributed by atoms with Gasteiger partial charge in [-0.2, -0.15) is 5.10 Å². The number of aryl methyl sites for hydroxylation is 1. The highest BCUT2D eigenvalue weighted by atomic mass is 16.5. The van der Waals surface area contributed by atoms with E-state index in [1.165, 1.54) is 19.4 Å². The van der Waals surface area contributed by atoms with Gasteiger partial charge in [0.15, 0.2) is 11.5 Å². The first-order valence-electron chi connectivity index (χ1n) is 10.1. The van der Waals surface area contributed by atoms with Gasteiger partial charge in [0.05, 0.1) is 19.0 Å². The monoisotopic (exact) mass is 425 g/mol. The Morgan fingerprint density at radius 2 is 1.75 bits per heavy atom. The molecule has 6 nitrogen and oxygen atoms in total. The summed E-state index contributed by atoms with van der Waals surface area (Å²) in [4.78, 5) is 12.5. The first-order valence-corrected chi connectivity index (χ1v) is 10.1. The van der Waals surface area contributed by atoms with Crippen molar-refractivity contribution in [2.45, 2.75) is 6.92 Å². The number of aromatic nitrogens is 1. The summed E-state index contributed by atoms with van der Waals surface area (Å²) in [5.74, 6) is 0.0687. The average molecular weight is 425 g/mol. The number of benzene rings is 3. The quantitative estimate of drug-likeness (QED) is 0.340. The molecule has 0 aliphatic heterocycles. The number of hydrogen-bond donors (Lipinski definition) is 2. The molecule has 1 heterocycles. The van der Waals surface area contributed by atoms with Crippen molar-refractivity contribution in [2.75, 3.05) is 7.11 Å². The molecule has 1 aromatic heterocycles. The zero-order chi connectivity index (χ0) is 22.5. The van der Waals surface area contributed by atoms with Gasteiger partial charge in [0, 0.05) is 16.9 Å². The Balaban J connectivity index is 1.49. The fourth-order valence-electron chi connectivity index (χ4n) is 3.48. The largest absolute Gasteiger partial charge is 0.504 e. The lowest BCUT2D eigenvalue weighted by Crippen LogP contribution is -2.17. The van der Waals surface area contributed by atoms with Gasteiger partial charge in [-0.05, 0) is 72.6 Å². The van der Waals surface area contributed by atoms with Crippen molar-refractivity contribution < 1.29 is 14.6 Å². The Morgan fingerprint density at radius 3 is 2.47 bits per heavy atom. The van der Waals surface area contributed by atoms with E-state index in [-0.39, 0.29) is 11.7 Å². The molecule has 0 atom stereocenters. The van der Waals surface area contributed by atoms with Gasteiger partial charge in [-0.1, -0.05) is 30.3 Å². The molecular formula is C26H23N3O3. The number of phenols is 1. The van der Waals surface area contributed by atoms with Gasteiger partial charge in [0.1, 0.15) is 0 Å². The van der Waals surface area contributed by atoms with Gasteiger partial charge < -0.3 is 14.4 Å². The lowest BCUT2D eigenvalue weighted by atomic mass is 10.1. The lowest BCUT2D eigenvalue weighted by Gasteiger charge is -2.12. The van der Waals surface area contributed by atoms with E-state index in [0.717, 1.165) is 22.6 Å². The van der Waals surface area contributed by atoms with Crippen LogP contribution in [0.2, 0.25) is 0 Å². The number of aromatic hydroxyl groups is 1. The Kier molecular flexibility index (Phi) is 6.03. The molecule has 0 spiro atoms. The molecule has 0 aliphatic carbocycles. The number of ether oxygens (including phenoxy) is 1. The number of amides is 1. The predicted molar refractivity (Wildman–Crippen MR) is 126 cm³/mol. The van der Waals surface area contributed by atoms with Crippen LogP contribution < -0.4 is 10.2 Å². The van der Waals surface area contributed by atoms with Crippen LogP contribution in [0.3, 0.4) is 0 Å². The van der Waals surface area contributed by atoms with Crippen LogP contribution in [0, 0.1) is 6.92 Å². The lowest BCUT2D eigenvalue weighted by molar-refractivity contribution is 0.0955. The van der Waals surface area contributed by atoms with Gasteiger partial charge in [0.2, 0.25) is 0 Å². The summed E-state index contributed by atoms with van der Waals surface area (Å²) < 4.78 is 7.23. The van der Waals surface area contributed by atoms with Gasteiger partial charge in [0.25, 0.3) is 5.91 Å². The Morgan fingerprint density at radius 1 is 1.00 bits per heavy atom. The number of hydrogen-bond acceptors (Lipinski definition) is 4. The van der Waals surface area contributed by atoms with Crippen LogP contribution in [0.1, 0.15) is 21.6 Å². The molecule has 0 fully saturated rings. The number of phenolic OH excluding ortho intramolecular Hbond substituents is 1. The molecule has 2 N–H and O–H groups in total. The van der Waals surface area contributed by atoms with E-state index in [1.807, 2.05) is 30.3 Å².